The van der Waals surface area contributed by atoms with Crippen LogP contribution in [0.25, 0.3) is 0 Å². The Hall–Kier alpha value is -3.05. The minimum atomic E-state index is -1.29. The Labute approximate surface area is 492 Å². The van der Waals surface area contributed by atoms with E-state index in [1.54, 1.807) is 51.7 Å². The SMILES string of the molecule is COCC1O[C@@H](O[C@H]2C(OC)C(OC)[C@@H](O[C@H]3C(OC)C(OC)[C@H](O[C@@H]4C(COCc5ccccc5)O[C@@H](C)C(OC)[C@H]4OC)O[C@H]3COC)O[C@H]2COC)C(OC)[C@@H](OC)[C@@H]1O[C@@H]1OC(COC(=O)c2ccccc2)[C@@H](O)[C@H](OC)C1OC. The lowest BCUT2D eigenvalue weighted by molar-refractivity contribution is -0.397. The van der Waals surface area contributed by atoms with Gasteiger partial charge in [0.05, 0.1) is 44.7 Å². The molecule has 0 aromatic heterocycles. The van der Waals surface area contributed by atoms with E-state index >= 15 is 0 Å². The summed E-state index contributed by atoms with van der Waals surface area (Å²) in [6.45, 7) is 2.05. The van der Waals surface area contributed by atoms with E-state index in [2.05, 4.69) is 0 Å². The van der Waals surface area contributed by atoms with Gasteiger partial charge in [-0.2, -0.15) is 0 Å². The first kappa shape index (κ1) is 68.4. The third-order valence-electron chi connectivity index (χ3n) is 15.9. The molecule has 5 saturated heterocycles. The molecule has 10 unspecified atom stereocenters. The number of ether oxygens (including phenoxy) is 24. The minimum absolute atomic E-state index is 0.0203. The van der Waals surface area contributed by atoms with Gasteiger partial charge in [0.2, 0.25) is 0 Å². The summed E-state index contributed by atoms with van der Waals surface area (Å²) < 4.78 is 151. The van der Waals surface area contributed by atoms with Crippen molar-refractivity contribution in [3.05, 3.63) is 71.8 Å². The summed E-state index contributed by atoms with van der Waals surface area (Å²) >= 11 is 0. The molecule has 25 atom stereocenters. The molecule has 0 aliphatic carbocycles. The minimum Gasteiger partial charge on any atom is -0.459 e. The smallest absolute Gasteiger partial charge is 0.338 e. The van der Waals surface area contributed by atoms with Gasteiger partial charge in [-0.3, -0.25) is 0 Å². The Bertz CT molecular complexity index is 2160. The third kappa shape index (κ3) is 16.0. The van der Waals surface area contributed by atoms with Gasteiger partial charge in [0.1, 0.15) is 129 Å². The van der Waals surface area contributed by atoms with Crippen LogP contribution in [0.3, 0.4) is 0 Å². The fraction of sp³-hybridized carbons (Fsp3) is 0.776. The van der Waals surface area contributed by atoms with Crippen molar-refractivity contribution in [1.82, 2.24) is 0 Å². The maximum Gasteiger partial charge on any atom is 0.338 e. The van der Waals surface area contributed by atoms with Crippen molar-refractivity contribution >= 4 is 5.97 Å². The van der Waals surface area contributed by atoms with E-state index in [1.807, 2.05) is 37.3 Å². The number of carbonyl (C=O) groups is 1. The van der Waals surface area contributed by atoms with Crippen LogP contribution in [0.2, 0.25) is 0 Å². The highest BCUT2D eigenvalue weighted by molar-refractivity contribution is 5.89. The molecule has 478 valence electrons. The molecule has 26 heteroatoms. The second kappa shape index (κ2) is 34.1. The van der Waals surface area contributed by atoms with E-state index in [0.717, 1.165) is 5.56 Å². The van der Waals surface area contributed by atoms with Crippen molar-refractivity contribution in [2.45, 2.75) is 167 Å². The largest absolute Gasteiger partial charge is 0.459 e. The van der Waals surface area contributed by atoms with E-state index in [4.69, 9.17) is 114 Å². The Kier molecular flexibility index (Phi) is 27.8. The van der Waals surface area contributed by atoms with Gasteiger partial charge in [0.25, 0.3) is 0 Å². The summed E-state index contributed by atoms with van der Waals surface area (Å²) in [6.07, 6.45) is -23.2. The van der Waals surface area contributed by atoms with Crippen LogP contribution in [-0.2, 0) is 120 Å². The van der Waals surface area contributed by atoms with Gasteiger partial charge in [-0.1, -0.05) is 48.5 Å². The van der Waals surface area contributed by atoms with Gasteiger partial charge in [-0.15, -0.1) is 0 Å². The highest BCUT2D eigenvalue weighted by Crippen LogP contribution is 2.40. The van der Waals surface area contributed by atoms with E-state index in [9.17, 15) is 9.90 Å². The van der Waals surface area contributed by atoms with E-state index in [0.29, 0.717) is 12.2 Å². The number of esters is 1. The van der Waals surface area contributed by atoms with Crippen molar-refractivity contribution < 1.29 is 124 Å². The summed E-state index contributed by atoms with van der Waals surface area (Å²) in [5.41, 5.74) is 1.32. The number of benzene rings is 2. The molecule has 84 heavy (non-hydrogen) atoms. The molecule has 2 aromatic carbocycles. The number of aliphatic hydroxyl groups is 1. The van der Waals surface area contributed by atoms with Gasteiger partial charge in [0.15, 0.2) is 25.2 Å². The molecule has 5 fully saturated rings. The molecule has 0 bridgehead atoms. The summed E-state index contributed by atoms with van der Waals surface area (Å²) in [5.74, 6) is -0.610. The maximum atomic E-state index is 13.0. The molecule has 5 aliphatic heterocycles. The predicted octanol–water partition coefficient (Wildman–Crippen LogP) is 1.74. The number of aliphatic hydroxyl groups excluding tert-OH is 1. The zero-order chi connectivity index (χ0) is 60.5. The third-order valence-corrected chi connectivity index (χ3v) is 15.9. The first-order valence-electron chi connectivity index (χ1n) is 28.0. The van der Waals surface area contributed by atoms with Crippen LogP contribution in [0.15, 0.2) is 60.7 Å². The monoisotopic (exact) mass is 1200 g/mol. The Morgan fingerprint density at radius 1 is 0.381 bits per heavy atom. The Morgan fingerprint density at radius 2 is 0.714 bits per heavy atom. The van der Waals surface area contributed by atoms with E-state index in [1.165, 1.54) is 71.1 Å². The normalized spacial score (nSPS) is 39.2. The fourth-order valence-corrected chi connectivity index (χ4v) is 11.8. The zero-order valence-corrected chi connectivity index (χ0v) is 50.6. The van der Waals surface area contributed by atoms with E-state index in [-0.39, 0.29) is 39.1 Å². The van der Waals surface area contributed by atoms with Gasteiger partial charge in [-0.05, 0) is 24.6 Å². The molecule has 5 heterocycles. The highest BCUT2D eigenvalue weighted by Gasteiger charge is 2.59. The van der Waals surface area contributed by atoms with Crippen molar-refractivity contribution in [2.24, 2.45) is 0 Å². The molecule has 2 aromatic rings. The number of methoxy groups -OCH3 is 13. The van der Waals surface area contributed by atoms with Crippen molar-refractivity contribution in [3.8, 4) is 0 Å². The number of hydrogen-bond donors (Lipinski definition) is 1. The second-order valence-electron chi connectivity index (χ2n) is 20.8. The average molecular weight is 1200 g/mol. The summed E-state index contributed by atoms with van der Waals surface area (Å²) in [6, 6.07) is 18.3. The molecule has 0 radical (unpaired) electrons. The Balaban J connectivity index is 1.09. The van der Waals surface area contributed by atoms with Gasteiger partial charge in [-0.25, -0.2) is 4.79 Å². The van der Waals surface area contributed by atoms with Gasteiger partial charge >= 0.3 is 5.97 Å². The van der Waals surface area contributed by atoms with Crippen LogP contribution in [0.4, 0.5) is 0 Å². The second-order valence-corrected chi connectivity index (χ2v) is 20.8. The van der Waals surface area contributed by atoms with Gasteiger partial charge in [0, 0.05) is 92.4 Å². The molecular weight excluding hydrogens is 1110 g/mol. The maximum absolute atomic E-state index is 13.0. The summed E-state index contributed by atoms with van der Waals surface area (Å²) in [4.78, 5) is 13.0. The molecule has 1 N–H and O–H groups in total. The zero-order valence-electron chi connectivity index (χ0n) is 50.6. The molecular formula is C58H90O26. The van der Waals surface area contributed by atoms with Crippen LogP contribution in [0.5, 0.6) is 0 Å². The molecule has 7 rings (SSSR count). The molecule has 0 amide bonds. The van der Waals surface area contributed by atoms with Crippen molar-refractivity contribution in [1.29, 1.82) is 0 Å². The number of rotatable bonds is 31. The first-order chi connectivity index (χ1) is 40.8. The predicted molar refractivity (Wildman–Crippen MR) is 291 cm³/mol. The lowest BCUT2D eigenvalue weighted by Gasteiger charge is -2.52. The van der Waals surface area contributed by atoms with Gasteiger partial charge < -0.3 is 119 Å². The lowest BCUT2D eigenvalue weighted by Crippen LogP contribution is -2.69. The quantitative estimate of drug-likeness (QED) is 0.105. The molecule has 26 nitrogen and oxygen atoms in total. The molecule has 5 aliphatic rings. The Morgan fingerprint density at radius 3 is 1.08 bits per heavy atom. The lowest BCUT2D eigenvalue weighted by atomic mass is 9.94. The summed E-state index contributed by atoms with van der Waals surface area (Å²) in [7, 11) is 19.6. The standard InChI is InChI=1S/C58H90O26/c1-31-40(64-5)46(66-7)44(38(76-31)29-74-25-32-21-17-15-18-22-32)84-58-53(73-14)49(69-10)43(37(80-58)28-63-4)83-57-52(72-13)48(68-9)42(36(79-57)27-62-3)82-56-51(71-12)47(67-8)41(35(78-56)26-61-2)81-55-50(70-11)45(65-6)39(59)34(77-55)30-75-54(60)33-23-19-16-20-24-33/h15-24,31,34-53,55-59H,25-30H2,1-14H3/t31-,34?,35?,36-,37-,38?,39+,40?,41+,42+,43+,44+,45-,46+,47-,48?,49?,50?,51?,52?,53?,55-,56-,57+,58-/m0/s1. The number of carbonyl (C=O) groups excluding carboxylic acids is 1. The van der Waals surface area contributed by atoms with Crippen LogP contribution in [0.1, 0.15) is 22.8 Å². The first-order valence-corrected chi connectivity index (χ1v) is 28.0. The summed E-state index contributed by atoms with van der Waals surface area (Å²) in [5, 5.41) is 11.4. The van der Waals surface area contributed by atoms with Crippen molar-refractivity contribution in [3.63, 3.8) is 0 Å². The topological polar surface area (TPSA) is 259 Å². The van der Waals surface area contributed by atoms with Crippen molar-refractivity contribution in [2.75, 3.05) is 125 Å². The van der Waals surface area contributed by atoms with E-state index < -0.39 is 153 Å². The van der Waals surface area contributed by atoms with Crippen LogP contribution < -0.4 is 0 Å². The fourth-order valence-electron chi connectivity index (χ4n) is 11.8. The van der Waals surface area contributed by atoms with Crippen LogP contribution in [0, 0.1) is 0 Å². The molecule has 0 saturated carbocycles. The average Bonchev–Trinajstić information content (AvgIpc) is 3.53. The molecule has 0 spiro atoms. The van der Waals surface area contributed by atoms with Crippen LogP contribution >= 0.6 is 0 Å². The number of hydrogen-bond acceptors (Lipinski definition) is 26. The van der Waals surface area contributed by atoms with Crippen LogP contribution in [-0.4, -0.2) is 290 Å². The highest BCUT2D eigenvalue weighted by atomic mass is 16.8.